The molecule has 3 nitrogen and oxygen atoms in total. The van der Waals surface area contributed by atoms with Crippen molar-refractivity contribution in [1.82, 2.24) is 4.98 Å². The predicted octanol–water partition coefficient (Wildman–Crippen LogP) is 3.01. The van der Waals surface area contributed by atoms with Gasteiger partial charge in [0, 0.05) is 0 Å². The van der Waals surface area contributed by atoms with Crippen LogP contribution in [0.2, 0.25) is 0 Å². The molecular formula is C12H10N2OS. The quantitative estimate of drug-likeness (QED) is 0.588. The number of nitrogens with zero attached hydrogens (tertiary/aromatic N) is 2. The highest BCUT2D eigenvalue weighted by atomic mass is 32.1. The normalized spacial score (nSPS) is 17.8. The van der Waals surface area contributed by atoms with Crippen molar-refractivity contribution in [3.63, 3.8) is 0 Å². The lowest BCUT2D eigenvalue weighted by atomic mass is 9.72. The van der Waals surface area contributed by atoms with Crippen LogP contribution in [-0.2, 0) is 10.3 Å². The van der Waals surface area contributed by atoms with Gasteiger partial charge >= 0.3 is 0 Å². The molecule has 0 unspecified atom stereocenters. The average Bonchev–Trinajstić information content (AvgIpc) is 2.71. The Kier molecular flexibility index (Phi) is 2.13. The fourth-order valence-corrected chi connectivity index (χ4v) is 3.19. The molecule has 1 aliphatic carbocycles. The van der Waals surface area contributed by atoms with Crippen LogP contribution in [0.1, 0.15) is 24.8 Å². The van der Waals surface area contributed by atoms with Crippen LogP contribution in [-0.4, -0.2) is 11.1 Å². The van der Waals surface area contributed by atoms with Crippen LogP contribution < -0.4 is 0 Å². The highest BCUT2D eigenvalue weighted by Gasteiger charge is 2.40. The van der Waals surface area contributed by atoms with Crippen molar-refractivity contribution >= 4 is 27.6 Å². The molecule has 16 heavy (non-hydrogen) atoms. The smallest absolute Gasteiger partial charge is 0.235 e. The van der Waals surface area contributed by atoms with Crippen molar-refractivity contribution in [2.75, 3.05) is 0 Å². The fourth-order valence-electron chi connectivity index (χ4n) is 2.29. The van der Waals surface area contributed by atoms with E-state index in [4.69, 9.17) is 0 Å². The average molecular weight is 230 g/mol. The number of hydrogen-bond donors (Lipinski definition) is 0. The first-order valence-corrected chi connectivity index (χ1v) is 6.15. The highest BCUT2D eigenvalue weighted by Crippen LogP contribution is 2.47. The van der Waals surface area contributed by atoms with E-state index in [1.807, 2.05) is 17.6 Å². The molecule has 1 fully saturated rings. The van der Waals surface area contributed by atoms with Crippen LogP contribution in [0.5, 0.6) is 0 Å². The number of fused-ring (bicyclic) bond motifs is 1. The van der Waals surface area contributed by atoms with Gasteiger partial charge in [0.2, 0.25) is 6.08 Å². The number of thiazole rings is 1. The van der Waals surface area contributed by atoms with Crippen LogP contribution in [0, 0.1) is 0 Å². The number of rotatable bonds is 2. The Hall–Kier alpha value is -1.51. The van der Waals surface area contributed by atoms with Crippen LogP contribution in [0.4, 0.5) is 0 Å². The Morgan fingerprint density at radius 2 is 2.31 bits per heavy atom. The first-order valence-electron chi connectivity index (χ1n) is 5.27. The van der Waals surface area contributed by atoms with Crippen LogP contribution in [0.3, 0.4) is 0 Å². The first-order chi connectivity index (χ1) is 7.86. The lowest BCUT2D eigenvalue weighted by Crippen LogP contribution is -2.31. The van der Waals surface area contributed by atoms with Crippen molar-refractivity contribution in [1.29, 1.82) is 0 Å². The standard InChI is InChI=1S/C12H10N2OS/c15-7-14-12(5-2-6-12)9-3-1-4-10-11(9)16-8-13-10/h1,3-4,8H,2,5-6H2. The maximum Gasteiger partial charge on any atom is 0.235 e. The summed E-state index contributed by atoms with van der Waals surface area (Å²) >= 11 is 1.61. The van der Waals surface area contributed by atoms with E-state index in [2.05, 4.69) is 16.0 Å². The van der Waals surface area contributed by atoms with Crippen molar-refractivity contribution < 1.29 is 4.79 Å². The number of isocyanates is 1. The summed E-state index contributed by atoms with van der Waals surface area (Å²) in [6.07, 6.45) is 4.74. The largest absolute Gasteiger partial charge is 0.245 e. The minimum Gasteiger partial charge on any atom is -0.245 e. The zero-order valence-electron chi connectivity index (χ0n) is 8.64. The number of aliphatic imine (C=N–C) groups is 1. The second-order valence-corrected chi connectivity index (χ2v) is 4.95. The summed E-state index contributed by atoms with van der Waals surface area (Å²) in [6.45, 7) is 0. The number of aromatic nitrogens is 1. The summed E-state index contributed by atoms with van der Waals surface area (Å²) in [5, 5.41) is 0. The first kappa shape index (κ1) is 9.70. The van der Waals surface area contributed by atoms with Crippen LogP contribution in [0.25, 0.3) is 10.2 Å². The van der Waals surface area contributed by atoms with Gasteiger partial charge in [-0.1, -0.05) is 12.1 Å². The van der Waals surface area contributed by atoms with Crippen molar-refractivity contribution in [2.45, 2.75) is 24.8 Å². The van der Waals surface area contributed by atoms with E-state index in [-0.39, 0.29) is 5.54 Å². The minimum absolute atomic E-state index is 0.312. The van der Waals surface area contributed by atoms with Gasteiger partial charge in [0.25, 0.3) is 0 Å². The molecule has 0 atom stereocenters. The molecule has 1 aliphatic rings. The maximum atomic E-state index is 10.6. The van der Waals surface area contributed by atoms with Gasteiger partial charge in [0.05, 0.1) is 21.3 Å². The molecule has 1 heterocycles. The summed E-state index contributed by atoms with van der Waals surface area (Å²) in [4.78, 5) is 18.9. The maximum absolute atomic E-state index is 10.6. The van der Waals surface area contributed by atoms with Gasteiger partial charge in [0.15, 0.2) is 0 Å². The molecule has 0 N–H and O–H groups in total. The predicted molar refractivity (Wildman–Crippen MR) is 63.3 cm³/mol. The lowest BCUT2D eigenvalue weighted by Gasteiger charge is -2.37. The molecular weight excluding hydrogens is 220 g/mol. The lowest BCUT2D eigenvalue weighted by molar-refractivity contribution is 0.258. The fraction of sp³-hybridized carbons (Fsp3) is 0.333. The van der Waals surface area contributed by atoms with Crippen molar-refractivity contribution in [3.8, 4) is 0 Å². The molecule has 4 heteroatoms. The second kappa shape index (κ2) is 3.51. The third kappa shape index (κ3) is 1.24. The Labute approximate surface area is 96.8 Å². The number of benzene rings is 1. The summed E-state index contributed by atoms with van der Waals surface area (Å²) in [7, 11) is 0. The van der Waals surface area contributed by atoms with Gasteiger partial charge in [-0.05, 0) is 30.9 Å². The van der Waals surface area contributed by atoms with Crippen LogP contribution in [0.15, 0.2) is 28.7 Å². The van der Waals surface area contributed by atoms with Gasteiger partial charge in [-0.2, -0.15) is 4.99 Å². The molecule has 0 bridgehead atoms. The Morgan fingerprint density at radius 3 is 3.00 bits per heavy atom. The van der Waals surface area contributed by atoms with Gasteiger partial charge in [-0.15, -0.1) is 11.3 Å². The van der Waals surface area contributed by atoms with Gasteiger partial charge in [-0.3, -0.25) is 0 Å². The van der Waals surface area contributed by atoms with E-state index in [1.165, 1.54) is 0 Å². The van der Waals surface area contributed by atoms with E-state index in [1.54, 1.807) is 17.4 Å². The number of carbonyl (C=O) groups excluding carboxylic acids is 1. The number of hydrogen-bond acceptors (Lipinski definition) is 4. The molecule has 80 valence electrons. The third-order valence-corrected chi connectivity index (χ3v) is 4.17. The zero-order valence-corrected chi connectivity index (χ0v) is 9.46. The molecule has 1 aromatic carbocycles. The van der Waals surface area contributed by atoms with E-state index >= 15 is 0 Å². The third-order valence-electron chi connectivity index (χ3n) is 3.30. The van der Waals surface area contributed by atoms with Gasteiger partial charge < -0.3 is 0 Å². The molecule has 3 rings (SSSR count). The molecule has 0 amide bonds. The molecule has 0 aliphatic heterocycles. The molecule has 0 spiro atoms. The van der Waals surface area contributed by atoms with E-state index in [0.29, 0.717) is 0 Å². The Bertz CT molecular complexity index is 579. The molecule has 2 aromatic rings. The molecule has 1 saturated carbocycles. The molecule has 0 radical (unpaired) electrons. The van der Waals surface area contributed by atoms with Crippen molar-refractivity contribution in [3.05, 3.63) is 29.3 Å². The monoisotopic (exact) mass is 230 g/mol. The van der Waals surface area contributed by atoms with Crippen molar-refractivity contribution in [2.24, 2.45) is 4.99 Å². The second-order valence-electron chi connectivity index (χ2n) is 4.09. The van der Waals surface area contributed by atoms with Gasteiger partial charge in [0.1, 0.15) is 0 Å². The SMILES string of the molecule is O=C=NC1(c2cccc3ncsc23)CCC1. The van der Waals surface area contributed by atoms with E-state index in [9.17, 15) is 4.79 Å². The summed E-state index contributed by atoms with van der Waals surface area (Å²) in [6, 6.07) is 6.03. The summed E-state index contributed by atoms with van der Waals surface area (Å²) in [5.41, 5.74) is 3.66. The molecule has 0 saturated heterocycles. The Balaban J connectivity index is 2.24. The topological polar surface area (TPSA) is 42.3 Å². The van der Waals surface area contributed by atoms with Crippen LogP contribution >= 0.6 is 11.3 Å². The zero-order chi connectivity index (χ0) is 11.0. The van der Waals surface area contributed by atoms with Gasteiger partial charge in [-0.25, -0.2) is 9.78 Å². The summed E-state index contributed by atoms with van der Waals surface area (Å²) in [5.74, 6) is 0. The Morgan fingerprint density at radius 1 is 1.44 bits per heavy atom. The molecule has 1 aromatic heterocycles. The van der Waals surface area contributed by atoms with E-state index < -0.39 is 0 Å². The summed E-state index contributed by atoms with van der Waals surface area (Å²) < 4.78 is 1.15. The van der Waals surface area contributed by atoms with E-state index in [0.717, 1.165) is 35.0 Å². The highest BCUT2D eigenvalue weighted by molar-refractivity contribution is 7.17. The minimum atomic E-state index is -0.312.